The Hall–Kier alpha value is -2.39. The number of benzene rings is 2. The third-order valence-corrected chi connectivity index (χ3v) is 6.12. The molecule has 2 nitrogen and oxygen atoms in total. The highest BCUT2D eigenvalue weighted by Crippen LogP contribution is 2.33. The van der Waals surface area contributed by atoms with Crippen molar-refractivity contribution in [1.29, 1.82) is 0 Å². The Morgan fingerprint density at radius 3 is 2.27 bits per heavy atom. The largest absolute Gasteiger partial charge is 0.322 e. The van der Waals surface area contributed by atoms with Gasteiger partial charge in [-0.1, -0.05) is 49.6 Å². The number of nitrogens with one attached hydrogen (secondary N) is 1. The summed E-state index contributed by atoms with van der Waals surface area (Å²) in [6, 6.07) is 20.3. The van der Waals surface area contributed by atoms with Crippen LogP contribution < -0.4 is 5.32 Å². The predicted molar refractivity (Wildman–Crippen MR) is 110 cm³/mol. The monoisotopic (exact) mass is 361 g/mol. The van der Waals surface area contributed by atoms with Crippen molar-refractivity contribution in [3.05, 3.63) is 77.2 Å². The molecule has 4 rings (SSSR count). The minimum Gasteiger partial charge on any atom is -0.322 e. The lowest BCUT2D eigenvalue weighted by atomic mass is 9.84. The number of carbonyl (C=O) groups is 1. The van der Waals surface area contributed by atoms with Gasteiger partial charge < -0.3 is 5.32 Å². The number of hydrogen-bond donors (Lipinski definition) is 1. The predicted octanol–water partition coefficient (Wildman–Crippen LogP) is 6.72. The Morgan fingerprint density at radius 1 is 0.885 bits per heavy atom. The van der Waals surface area contributed by atoms with E-state index in [0.717, 1.165) is 11.3 Å². The average Bonchev–Trinajstić information content (AvgIpc) is 3.24. The maximum absolute atomic E-state index is 12.5. The van der Waals surface area contributed by atoms with Crippen molar-refractivity contribution < 1.29 is 4.79 Å². The van der Waals surface area contributed by atoms with Crippen LogP contribution in [0.5, 0.6) is 0 Å². The van der Waals surface area contributed by atoms with E-state index in [2.05, 4.69) is 28.9 Å². The maximum atomic E-state index is 12.5. The van der Waals surface area contributed by atoms with E-state index in [9.17, 15) is 4.79 Å². The second-order valence-corrected chi connectivity index (χ2v) is 7.91. The van der Waals surface area contributed by atoms with E-state index < -0.39 is 0 Å². The summed E-state index contributed by atoms with van der Waals surface area (Å²) in [5, 5.41) is 5.07. The molecule has 132 valence electrons. The second-order valence-electron chi connectivity index (χ2n) is 6.97. The van der Waals surface area contributed by atoms with Crippen molar-refractivity contribution in [1.82, 2.24) is 0 Å². The summed E-state index contributed by atoms with van der Waals surface area (Å²) in [5.41, 5.74) is 4.09. The number of amides is 1. The second kappa shape index (κ2) is 7.88. The molecule has 1 aliphatic rings. The molecule has 1 N–H and O–H groups in total. The molecule has 1 aromatic heterocycles. The maximum Gasteiger partial charge on any atom is 0.255 e. The average molecular weight is 362 g/mol. The molecule has 0 aliphatic heterocycles. The van der Waals surface area contributed by atoms with Crippen LogP contribution in [0.1, 0.15) is 53.9 Å². The van der Waals surface area contributed by atoms with Crippen LogP contribution in [0.2, 0.25) is 0 Å². The van der Waals surface area contributed by atoms with Crippen molar-refractivity contribution >= 4 is 22.9 Å². The first-order chi connectivity index (χ1) is 12.8. The van der Waals surface area contributed by atoms with Gasteiger partial charge in [-0.25, -0.2) is 0 Å². The van der Waals surface area contributed by atoms with E-state index in [1.165, 1.54) is 42.5 Å². The molecule has 0 spiro atoms. The molecule has 0 unspecified atom stereocenters. The van der Waals surface area contributed by atoms with E-state index >= 15 is 0 Å². The van der Waals surface area contributed by atoms with Gasteiger partial charge in [-0.3, -0.25) is 4.79 Å². The third-order valence-electron chi connectivity index (χ3n) is 5.20. The molecule has 0 atom stereocenters. The molecule has 1 fully saturated rings. The minimum atomic E-state index is -0.0619. The Morgan fingerprint density at radius 2 is 1.62 bits per heavy atom. The SMILES string of the molecule is O=C(Nc1ccc(C2CCCCC2)cc1)c1ccc(-c2cccs2)cc1. The lowest BCUT2D eigenvalue weighted by molar-refractivity contribution is 0.102. The van der Waals surface area contributed by atoms with Crippen LogP contribution in [-0.4, -0.2) is 5.91 Å². The van der Waals surface area contributed by atoms with Crippen LogP contribution in [0, 0.1) is 0 Å². The van der Waals surface area contributed by atoms with Gasteiger partial charge in [0.25, 0.3) is 5.91 Å². The molecular weight excluding hydrogens is 338 g/mol. The Labute approximate surface area is 158 Å². The molecule has 2 aromatic carbocycles. The van der Waals surface area contributed by atoms with Gasteiger partial charge in [0, 0.05) is 16.1 Å². The van der Waals surface area contributed by atoms with Crippen LogP contribution in [0.25, 0.3) is 10.4 Å². The van der Waals surface area contributed by atoms with Crippen LogP contribution in [0.3, 0.4) is 0 Å². The zero-order valence-electron chi connectivity index (χ0n) is 14.8. The standard InChI is InChI=1S/C23H23NOS/c25-23(20-10-8-19(9-11-20)22-7-4-16-26-22)24-21-14-12-18(13-15-21)17-5-2-1-3-6-17/h4,7-17H,1-3,5-6H2,(H,24,25). The van der Waals surface area contributed by atoms with Crippen LogP contribution in [0.4, 0.5) is 5.69 Å². The highest BCUT2D eigenvalue weighted by molar-refractivity contribution is 7.13. The number of anilines is 1. The zero-order valence-corrected chi connectivity index (χ0v) is 15.6. The van der Waals surface area contributed by atoms with E-state index in [1.807, 2.05) is 42.5 Å². The fourth-order valence-electron chi connectivity index (χ4n) is 3.71. The van der Waals surface area contributed by atoms with Gasteiger partial charge in [0.2, 0.25) is 0 Å². The first kappa shape index (κ1) is 17.0. The number of thiophene rings is 1. The minimum absolute atomic E-state index is 0.0619. The van der Waals surface area contributed by atoms with Crippen molar-refractivity contribution in [2.24, 2.45) is 0 Å². The fraction of sp³-hybridized carbons (Fsp3) is 0.261. The van der Waals surface area contributed by atoms with Gasteiger partial charge in [0.15, 0.2) is 0 Å². The fourth-order valence-corrected chi connectivity index (χ4v) is 4.44. The molecule has 0 saturated heterocycles. The molecule has 1 aliphatic carbocycles. The van der Waals surface area contributed by atoms with Crippen molar-refractivity contribution in [2.45, 2.75) is 38.0 Å². The van der Waals surface area contributed by atoms with E-state index in [4.69, 9.17) is 0 Å². The van der Waals surface area contributed by atoms with Gasteiger partial charge in [0.1, 0.15) is 0 Å². The molecular formula is C23H23NOS. The molecule has 26 heavy (non-hydrogen) atoms. The first-order valence-corrected chi connectivity index (χ1v) is 10.2. The zero-order chi connectivity index (χ0) is 17.8. The first-order valence-electron chi connectivity index (χ1n) is 9.35. The van der Waals surface area contributed by atoms with Gasteiger partial charge in [-0.05, 0) is 65.6 Å². The summed E-state index contributed by atoms with van der Waals surface area (Å²) in [6.07, 6.45) is 6.63. The summed E-state index contributed by atoms with van der Waals surface area (Å²) in [7, 11) is 0. The van der Waals surface area contributed by atoms with Gasteiger partial charge in [-0.15, -0.1) is 11.3 Å². The summed E-state index contributed by atoms with van der Waals surface area (Å²) in [6.45, 7) is 0. The molecule has 1 heterocycles. The Kier molecular flexibility index (Phi) is 5.16. The van der Waals surface area contributed by atoms with Gasteiger partial charge in [0.05, 0.1) is 0 Å². The quantitative estimate of drug-likeness (QED) is 0.549. The summed E-state index contributed by atoms with van der Waals surface area (Å²) >= 11 is 1.71. The van der Waals surface area contributed by atoms with Crippen LogP contribution in [0.15, 0.2) is 66.0 Å². The lowest BCUT2D eigenvalue weighted by Crippen LogP contribution is -2.12. The van der Waals surface area contributed by atoms with Crippen molar-refractivity contribution in [2.75, 3.05) is 5.32 Å². The summed E-state index contributed by atoms with van der Waals surface area (Å²) in [5.74, 6) is 0.631. The topological polar surface area (TPSA) is 29.1 Å². The lowest BCUT2D eigenvalue weighted by Gasteiger charge is -2.22. The molecule has 3 aromatic rings. The highest BCUT2D eigenvalue weighted by atomic mass is 32.1. The third kappa shape index (κ3) is 3.88. The van der Waals surface area contributed by atoms with Crippen molar-refractivity contribution in [3.63, 3.8) is 0 Å². The summed E-state index contributed by atoms with van der Waals surface area (Å²) in [4.78, 5) is 13.7. The normalized spacial score (nSPS) is 14.9. The Bertz CT molecular complexity index is 844. The highest BCUT2D eigenvalue weighted by Gasteiger charge is 2.15. The van der Waals surface area contributed by atoms with Crippen LogP contribution in [-0.2, 0) is 0 Å². The summed E-state index contributed by atoms with van der Waals surface area (Å²) < 4.78 is 0. The molecule has 0 bridgehead atoms. The van der Waals surface area contributed by atoms with Gasteiger partial charge >= 0.3 is 0 Å². The van der Waals surface area contributed by atoms with E-state index in [1.54, 1.807) is 11.3 Å². The number of hydrogen-bond acceptors (Lipinski definition) is 2. The number of rotatable bonds is 4. The smallest absolute Gasteiger partial charge is 0.255 e. The van der Waals surface area contributed by atoms with Crippen molar-refractivity contribution in [3.8, 4) is 10.4 Å². The van der Waals surface area contributed by atoms with Crippen LogP contribution >= 0.6 is 11.3 Å². The van der Waals surface area contributed by atoms with E-state index in [-0.39, 0.29) is 5.91 Å². The molecule has 3 heteroatoms. The van der Waals surface area contributed by atoms with E-state index in [0.29, 0.717) is 11.5 Å². The number of carbonyl (C=O) groups excluding carboxylic acids is 1. The Balaban J connectivity index is 1.41. The molecule has 1 amide bonds. The van der Waals surface area contributed by atoms with Gasteiger partial charge in [-0.2, -0.15) is 0 Å². The molecule has 1 saturated carbocycles. The molecule has 0 radical (unpaired) electrons.